The van der Waals surface area contributed by atoms with E-state index >= 15 is 0 Å². The minimum Gasteiger partial charge on any atom is -0.370 e. The lowest BCUT2D eigenvalue weighted by Crippen LogP contribution is -2.14. The second kappa shape index (κ2) is 7.23. The summed E-state index contributed by atoms with van der Waals surface area (Å²) in [5, 5.41) is 6.61. The number of anilines is 1. The van der Waals surface area contributed by atoms with Gasteiger partial charge in [0, 0.05) is 19.3 Å². The molecule has 3 heteroatoms. The van der Waals surface area contributed by atoms with Gasteiger partial charge in [0.1, 0.15) is 5.82 Å². The highest BCUT2D eigenvalue weighted by Crippen LogP contribution is 2.04. The van der Waals surface area contributed by atoms with E-state index in [0.717, 1.165) is 31.9 Å². The van der Waals surface area contributed by atoms with Gasteiger partial charge in [-0.2, -0.15) is 0 Å². The Morgan fingerprint density at radius 3 is 2.53 bits per heavy atom. The highest BCUT2D eigenvalue weighted by Gasteiger charge is 1.94. The normalized spacial score (nSPS) is 10.3. The van der Waals surface area contributed by atoms with Crippen LogP contribution in [0.25, 0.3) is 0 Å². The smallest absolute Gasteiger partial charge is 0.125 e. The number of hydrogen-bond donors (Lipinski definition) is 2. The summed E-state index contributed by atoms with van der Waals surface area (Å²) in [5.41, 5.74) is 1.24. The molecule has 0 saturated heterocycles. The van der Waals surface area contributed by atoms with Crippen LogP contribution in [0.4, 0.5) is 5.82 Å². The third kappa shape index (κ3) is 4.79. The van der Waals surface area contributed by atoms with Crippen LogP contribution in [0.5, 0.6) is 0 Å². The van der Waals surface area contributed by atoms with Gasteiger partial charge in [0.2, 0.25) is 0 Å². The summed E-state index contributed by atoms with van der Waals surface area (Å²) in [5.74, 6) is 0.969. The van der Waals surface area contributed by atoms with Gasteiger partial charge in [0.05, 0.1) is 0 Å². The number of aromatic nitrogens is 1. The van der Waals surface area contributed by atoms with E-state index in [0.29, 0.717) is 0 Å². The second-order valence-electron chi connectivity index (χ2n) is 3.66. The maximum atomic E-state index is 4.34. The van der Waals surface area contributed by atoms with Crippen molar-refractivity contribution in [3.8, 4) is 0 Å². The van der Waals surface area contributed by atoms with Crippen LogP contribution in [-0.4, -0.2) is 18.1 Å². The van der Waals surface area contributed by atoms with Gasteiger partial charge in [-0.1, -0.05) is 19.9 Å². The summed E-state index contributed by atoms with van der Waals surface area (Å²) in [6.07, 6.45) is 4.23. The predicted octanol–water partition coefficient (Wildman–Crippen LogP) is 2.40. The first kappa shape index (κ1) is 12.0. The van der Waals surface area contributed by atoms with Crippen molar-refractivity contribution in [1.29, 1.82) is 0 Å². The molecule has 0 saturated carbocycles. The zero-order valence-corrected chi connectivity index (χ0v) is 9.71. The zero-order valence-electron chi connectivity index (χ0n) is 9.71. The molecule has 84 valence electrons. The van der Waals surface area contributed by atoms with Gasteiger partial charge < -0.3 is 10.6 Å². The highest BCUT2D eigenvalue weighted by atomic mass is 15.0. The van der Waals surface area contributed by atoms with Crippen LogP contribution in [0.2, 0.25) is 0 Å². The van der Waals surface area contributed by atoms with Crippen LogP contribution in [0.1, 0.15) is 32.3 Å². The molecule has 0 spiro atoms. The number of pyridine rings is 1. The quantitative estimate of drug-likeness (QED) is 0.674. The first-order chi connectivity index (χ1) is 7.36. The summed E-state index contributed by atoms with van der Waals surface area (Å²) >= 11 is 0. The van der Waals surface area contributed by atoms with Crippen LogP contribution in [0, 0.1) is 0 Å². The third-order valence-electron chi connectivity index (χ3n) is 2.14. The largest absolute Gasteiger partial charge is 0.370 e. The number of hydrogen-bond acceptors (Lipinski definition) is 3. The van der Waals surface area contributed by atoms with Crippen molar-refractivity contribution in [2.75, 3.05) is 18.4 Å². The Balaban J connectivity index is 2.35. The Kier molecular flexibility index (Phi) is 5.78. The maximum Gasteiger partial charge on any atom is 0.125 e. The molecule has 1 heterocycles. The van der Waals surface area contributed by atoms with Crippen LogP contribution in [0.3, 0.4) is 0 Å². The van der Waals surface area contributed by atoms with E-state index < -0.39 is 0 Å². The van der Waals surface area contributed by atoms with Gasteiger partial charge in [-0.15, -0.1) is 0 Å². The Bertz CT molecular complexity index is 256. The Morgan fingerprint density at radius 1 is 1.13 bits per heavy atom. The Hall–Kier alpha value is -1.09. The number of nitrogens with zero attached hydrogens (tertiary/aromatic N) is 1. The van der Waals surface area contributed by atoms with Gasteiger partial charge in [0.15, 0.2) is 0 Å². The van der Waals surface area contributed by atoms with E-state index in [1.165, 1.54) is 12.0 Å². The van der Waals surface area contributed by atoms with Crippen molar-refractivity contribution in [2.24, 2.45) is 0 Å². The fraction of sp³-hybridized carbons (Fsp3) is 0.583. The summed E-state index contributed by atoms with van der Waals surface area (Å²) in [6.45, 7) is 7.28. The number of nitrogens with one attached hydrogen (secondary N) is 2. The summed E-state index contributed by atoms with van der Waals surface area (Å²) < 4.78 is 0. The topological polar surface area (TPSA) is 37.0 Å². The molecule has 0 atom stereocenters. The van der Waals surface area contributed by atoms with E-state index in [1.54, 1.807) is 0 Å². The minimum atomic E-state index is 0.912. The lowest BCUT2D eigenvalue weighted by molar-refractivity contribution is 0.674. The van der Waals surface area contributed by atoms with E-state index in [9.17, 15) is 0 Å². The van der Waals surface area contributed by atoms with Crippen molar-refractivity contribution in [3.05, 3.63) is 23.9 Å². The summed E-state index contributed by atoms with van der Waals surface area (Å²) in [4.78, 5) is 4.34. The van der Waals surface area contributed by atoms with Crippen LogP contribution in [0.15, 0.2) is 18.3 Å². The van der Waals surface area contributed by atoms with E-state index in [1.807, 2.05) is 12.3 Å². The van der Waals surface area contributed by atoms with Gasteiger partial charge in [-0.25, -0.2) is 4.98 Å². The van der Waals surface area contributed by atoms with Crippen molar-refractivity contribution in [1.82, 2.24) is 10.3 Å². The molecule has 0 radical (unpaired) electrons. The average molecular weight is 207 g/mol. The molecule has 0 fully saturated rings. The molecule has 0 aliphatic heterocycles. The van der Waals surface area contributed by atoms with Gasteiger partial charge in [-0.3, -0.25) is 0 Å². The lowest BCUT2D eigenvalue weighted by atomic mass is 10.3. The fourth-order valence-electron chi connectivity index (χ4n) is 1.30. The van der Waals surface area contributed by atoms with E-state index in [-0.39, 0.29) is 0 Å². The molecule has 0 aliphatic carbocycles. The molecule has 2 N–H and O–H groups in total. The van der Waals surface area contributed by atoms with Crippen molar-refractivity contribution in [2.45, 2.75) is 33.2 Å². The van der Waals surface area contributed by atoms with E-state index in [4.69, 9.17) is 0 Å². The fourth-order valence-corrected chi connectivity index (χ4v) is 1.30. The lowest BCUT2D eigenvalue weighted by Gasteiger charge is -2.05. The molecule has 0 aromatic carbocycles. The molecule has 3 nitrogen and oxygen atoms in total. The van der Waals surface area contributed by atoms with Crippen LogP contribution < -0.4 is 10.6 Å². The summed E-state index contributed by atoms with van der Waals surface area (Å²) in [6, 6.07) is 4.16. The van der Waals surface area contributed by atoms with Gasteiger partial charge in [-0.05, 0) is 31.0 Å². The number of rotatable bonds is 7. The highest BCUT2D eigenvalue weighted by molar-refractivity contribution is 5.35. The molecular weight excluding hydrogens is 186 g/mol. The minimum absolute atomic E-state index is 0.912. The first-order valence-corrected chi connectivity index (χ1v) is 5.76. The van der Waals surface area contributed by atoms with Crippen molar-refractivity contribution >= 4 is 5.82 Å². The van der Waals surface area contributed by atoms with Gasteiger partial charge >= 0.3 is 0 Å². The zero-order chi connectivity index (χ0) is 10.9. The Morgan fingerprint density at radius 2 is 1.93 bits per heavy atom. The predicted molar refractivity (Wildman–Crippen MR) is 65.0 cm³/mol. The second-order valence-corrected chi connectivity index (χ2v) is 3.66. The molecule has 15 heavy (non-hydrogen) atoms. The van der Waals surface area contributed by atoms with Crippen molar-refractivity contribution < 1.29 is 0 Å². The molecular formula is C12H21N3. The third-order valence-corrected chi connectivity index (χ3v) is 2.14. The molecule has 0 aliphatic rings. The molecule has 0 unspecified atom stereocenters. The molecule has 1 rings (SSSR count). The Labute approximate surface area is 92.3 Å². The maximum absolute atomic E-state index is 4.34. The first-order valence-electron chi connectivity index (χ1n) is 5.76. The molecule has 0 bridgehead atoms. The van der Waals surface area contributed by atoms with Gasteiger partial charge in [0.25, 0.3) is 0 Å². The van der Waals surface area contributed by atoms with Crippen LogP contribution in [-0.2, 0) is 6.54 Å². The monoisotopic (exact) mass is 207 g/mol. The molecule has 1 aromatic heterocycles. The van der Waals surface area contributed by atoms with Crippen LogP contribution >= 0.6 is 0 Å². The average Bonchev–Trinajstić information content (AvgIpc) is 2.28. The molecule has 1 aromatic rings. The molecule has 0 amide bonds. The SMILES string of the molecule is CCCNCc1ccc(NCCC)nc1. The standard InChI is InChI=1S/C12H21N3/c1-3-7-13-9-11-5-6-12(15-10-11)14-8-4-2/h5-6,10,13H,3-4,7-9H2,1-2H3,(H,14,15). The summed E-state index contributed by atoms with van der Waals surface area (Å²) in [7, 11) is 0. The van der Waals surface area contributed by atoms with Crippen molar-refractivity contribution in [3.63, 3.8) is 0 Å². The van der Waals surface area contributed by atoms with E-state index in [2.05, 4.69) is 35.5 Å².